The maximum atomic E-state index is 13.3. The second-order valence-electron chi connectivity index (χ2n) is 7.24. The fraction of sp³-hybridized carbons (Fsp3) is 0.0800. The number of hydrogen-bond acceptors (Lipinski definition) is 5. The minimum atomic E-state index is -0.619. The number of rotatable bonds is 6. The smallest absolute Gasteiger partial charge is 0.270 e. The van der Waals surface area contributed by atoms with Crippen LogP contribution >= 0.6 is 34.8 Å². The second kappa shape index (κ2) is 10.3. The van der Waals surface area contributed by atoms with Crippen molar-refractivity contribution in [2.24, 2.45) is 0 Å². The number of nitrogens with one attached hydrogen (secondary N) is 1. The molecule has 2 amide bonds. The van der Waals surface area contributed by atoms with Crippen LogP contribution in [-0.4, -0.2) is 24.0 Å². The number of halogens is 2. The summed E-state index contributed by atoms with van der Waals surface area (Å²) in [7, 11) is 1.52. The van der Waals surface area contributed by atoms with E-state index in [9.17, 15) is 14.0 Å². The van der Waals surface area contributed by atoms with Gasteiger partial charge in [-0.15, -0.1) is 0 Å². The van der Waals surface area contributed by atoms with Crippen LogP contribution in [-0.2, 0) is 16.2 Å². The lowest BCUT2D eigenvalue weighted by molar-refractivity contribution is -0.122. The van der Waals surface area contributed by atoms with E-state index in [0.29, 0.717) is 29.4 Å². The molecule has 0 bridgehead atoms. The molecule has 0 unspecified atom stereocenters. The molecule has 34 heavy (non-hydrogen) atoms. The number of ether oxygens (including phenoxy) is 2. The average molecular weight is 588 g/mol. The molecular formula is C25H18FIN2O4S. The third-order valence-corrected chi connectivity index (χ3v) is 6.06. The zero-order chi connectivity index (χ0) is 24.2. The predicted octanol–water partition coefficient (Wildman–Crippen LogP) is 4.85. The molecule has 3 aromatic rings. The molecule has 1 N–H and O–H groups in total. The Morgan fingerprint density at radius 2 is 1.79 bits per heavy atom. The van der Waals surface area contributed by atoms with Crippen LogP contribution in [0.4, 0.5) is 10.1 Å². The number of anilines is 1. The van der Waals surface area contributed by atoms with Crippen molar-refractivity contribution in [3.05, 3.63) is 92.8 Å². The zero-order valence-corrected chi connectivity index (χ0v) is 20.9. The van der Waals surface area contributed by atoms with Gasteiger partial charge < -0.3 is 9.47 Å². The normalized spacial score (nSPS) is 14.9. The first-order valence-corrected chi connectivity index (χ1v) is 11.6. The number of nitrogens with zero attached hydrogens (tertiary/aromatic N) is 1. The van der Waals surface area contributed by atoms with Gasteiger partial charge in [-0.25, -0.2) is 4.39 Å². The van der Waals surface area contributed by atoms with Crippen molar-refractivity contribution in [2.45, 2.75) is 6.61 Å². The quantitative estimate of drug-likeness (QED) is 0.193. The molecule has 0 spiro atoms. The van der Waals surface area contributed by atoms with Crippen LogP contribution in [0.1, 0.15) is 11.1 Å². The van der Waals surface area contributed by atoms with Crippen molar-refractivity contribution < 1.29 is 23.5 Å². The average Bonchev–Trinajstić information content (AvgIpc) is 2.82. The maximum Gasteiger partial charge on any atom is 0.270 e. The van der Waals surface area contributed by atoms with Crippen LogP contribution in [0, 0.1) is 9.39 Å². The lowest BCUT2D eigenvalue weighted by atomic mass is 10.1. The fourth-order valence-corrected chi connectivity index (χ4v) is 4.40. The summed E-state index contributed by atoms with van der Waals surface area (Å²) in [5.41, 5.74) is 1.81. The van der Waals surface area contributed by atoms with Gasteiger partial charge in [0.05, 0.1) is 16.4 Å². The van der Waals surface area contributed by atoms with Crippen molar-refractivity contribution in [3.63, 3.8) is 0 Å². The van der Waals surface area contributed by atoms with Crippen molar-refractivity contribution >= 4 is 63.5 Å². The largest absolute Gasteiger partial charge is 0.493 e. The number of carbonyl (C=O) groups excluding carboxylic acids is 2. The van der Waals surface area contributed by atoms with Gasteiger partial charge in [0.1, 0.15) is 18.0 Å². The van der Waals surface area contributed by atoms with Gasteiger partial charge in [0.25, 0.3) is 11.8 Å². The van der Waals surface area contributed by atoms with Crippen LogP contribution < -0.4 is 19.7 Å². The summed E-state index contributed by atoms with van der Waals surface area (Å²) in [6.07, 6.45) is 1.46. The van der Waals surface area contributed by atoms with E-state index in [4.69, 9.17) is 21.7 Å². The van der Waals surface area contributed by atoms with Crippen molar-refractivity contribution in [1.29, 1.82) is 0 Å². The van der Waals surface area contributed by atoms with Crippen molar-refractivity contribution in [2.75, 3.05) is 12.0 Å². The molecule has 0 atom stereocenters. The van der Waals surface area contributed by atoms with Crippen molar-refractivity contribution in [3.8, 4) is 11.5 Å². The first-order chi connectivity index (χ1) is 16.4. The summed E-state index contributed by atoms with van der Waals surface area (Å²) in [5, 5.41) is 2.44. The number of thiocarbonyl (C=S) groups is 1. The summed E-state index contributed by atoms with van der Waals surface area (Å²) >= 11 is 7.29. The van der Waals surface area contributed by atoms with Gasteiger partial charge in [-0.2, -0.15) is 0 Å². The van der Waals surface area contributed by atoms with E-state index in [1.165, 1.54) is 37.5 Å². The molecule has 1 saturated heterocycles. The van der Waals surface area contributed by atoms with E-state index in [0.717, 1.165) is 14.0 Å². The number of benzene rings is 3. The van der Waals surface area contributed by atoms with E-state index < -0.39 is 17.6 Å². The van der Waals surface area contributed by atoms with Crippen LogP contribution in [0.25, 0.3) is 6.08 Å². The third-order valence-electron chi connectivity index (χ3n) is 4.98. The summed E-state index contributed by atoms with van der Waals surface area (Å²) in [6.45, 7) is 0.360. The van der Waals surface area contributed by atoms with Crippen LogP contribution in [0.2, 0.25) is 0 Å². The van der Waals surface area contributed by atoms with Gasteiger partial charge in [-0.1, -0.05) is 30.3 Å². The summed E-state index contributed by atoms with van der Waals surface area (Å²) < 4.78 is 25.6. The Morgan fingerprint density at radius 1 is 1.09 bits per heavy atom. The minimum Gasteiger partial charge on any atom is -0.493 e. The predicted molar refractivity (Wildman–Crippen MR) is 139 cm³/mol. The fourth-order valence-electron chi connectivity index (χ4n) is 3.34. The van der Waals surface area contributed by atoms with E-state index in [2.05, 4.69) is 27.9 Å². The molecule has 172 valence electrons. The molecular weight excluding hydrogens is 570 g/mol. The highest BCUT2D eigenvalue weighted by Crippen LogP contribution is 2.35. The maximum absolute atomic E-state index is 13.3. The van der Waals surface area contributed by atoms with E-state index >= 15 is 0 Å². The van der Waals surface area contributed by atoms with Gasteiger partial charge >= 0.3 is 0 Å². The number of amides is 2. The number of carbonyl (C=O) groups is 2. The molecule has 0 saturated carbocycles. The lowest BCUT2D eigenvalue weighted by Crippen LogP contribution is -2.54. The molecule has 6 nitrogen and oxygen atoms in total. The van der Waals surface area contributed by atoms with E-state index in [-0.39, 0.29) is 10.7 Å². The molecule has 0 aliphatic carbocycles. The minimum absolute atomic E-state index is 0.0735. The molecule has 3 aromatic carbocycles. The van der Waals surface area contributed by atoms with Crippen LogP contribution in [0.5, 0.6) is 11.5 Å². The second-order valence-corrected chi connectivity index (χ2v) is 8.79. The molecule has 1 fully saturated rings. The molecule has 0 radical (unpaired) electrons. The molecule has 1 aliphatic rings. The summed E-state index contributed by atoms with van der Waals surface area (Å²) in [5.74, 6) is -0.660. The molecule has 0 aromatic heterocycles. The first-order valence-electron chi connectivity index (χ1n) is 10.1. The first kappa shape index (κ1) is 23.8. The molecule has 4 rings (SSSR count). The monoisotopic (exact) mass is 588 g/mol. The SMILES string of the molecule is COc1cc(/C=C2/C(=O)NC(=S)N(c3ccc(F)cc3)C2=O)cc(I)c1OCc1ccccc1. The van der Waals surface area contributed by atoms with Crippen molar-refractivity contribution in [1.82, 2.24) is 5.32 Å². The Morgan fingerprint density at radius 3 is 2.47 bits per heavy atom. The highest BCUT2D eigenvalue weighted by Gasteiger charge is 2.34. The Balaban J connectivity index is 1.64. The Kier molecular flexibility index (Phi) is 7.23. The number of hydrogen-bond donors (Lipinski definition) is 1. The molecule has 1 heterocycles. The van der Waals surface area contributed by atoms with E-state index in [1.807, 2.05) is 30.3 Å². The highest BCUT2D eigenvalue weighted by molar-refractivity contribution is 14.1. The van der Waals surface area contributed by atoms with Gasteiger partial charge in [0, 0.05) is 0 Å². The van der Waals surface area contributed by atoms with Gasteiger partial charge in [-0.3, -0.25) is 19.8 Å². The molecule has 1 aliphatic heterocycles. The Hall–Kier alpha value is -3.31. The standard InChI is InChI=1S/C25H18FIN2O4S/c1-32-21-13-16(12-20(27)22(21)33-14-15-5-3-2-4-6-15)11-19-23(30)28-25(34)29(24(19)31)18-9-7-17(26)8-10-18/h2-13H,14H2,1H3,(H,28,30,34)/b19-11-. The zero-order valence-electron chi connectivity index (χ0n) is 17.9. The van der Waals surface area contributed by atoms with Crippen LogP contribution in [0.3, 0.4) is 0 Å². The van der Waals surface area contributed by atoms with Crippen LogP contribution in [0.15, 0.2) is 72.3 Å². The number of methoxy groups -OCH3 is 1. The molecule has 9 heteroatoms. The van der Waals surface area contributed by atoms with Gasteiger partial charge in [0.2, 0.25) is 0 Å². The Bertz CT molecular complexity index is 1300. The Labute approximate surface area is 214 Å². The van der Waals surface area contributed by atoms with Gasteiger partial charge in [0.15, 0.2) is 16.6 Å². The summed E-state index contributed by atoms with van der Waals surface area (Å²) in [6, 6.07) is 18.5. The van der Waals surface area contributed by atoms with E-state index in [1.54, 1.807) is 12.1 Å². The van der Waals surface area contributed by atoms with Gasteiger partial charge in [-0.05, 0) is 88.4 Å². The lowest BCUT2D eigenvalue weighted by Gasteiger charge is -2.29. The highest BCUT2D eigenvalue weighted by atomic mass is 127. The summed E-state index contributed by atoms with van der Waals surface area (Å²) in [4.78, 5) is 26.9. The third kappa shape index (κ3) is 5.10. The topological polar surface area (TPSA) is 67.9 Å².